The number of carbonyl (C=O) groups excluding carboxylic acids is 1. The topological polar surface area (TPSA) is 41.6 Å². The molecule has 0 aliphatic carbocycles. The quantitative estimate of drug-likeness (QED) is 0.729. The maximum atomic E-state index is 13.5. The zero-order chi connectivity index (χ0) is 20.7. The minimum absolute atomic E-state index is 0.00729. The Morgan fingerprint density at radius 3 is 2.28 bits per heavy atom. The van der Waals surface area contributed by atoms with Crippen LogP contribution >= 0.6 is 0 Å². The molecule has 1 fully saturated rings. The summed E-state index contributed by atoms with van der Waals surface area (Å²) in [7, 11) is 0. The summed E-state index contributed by atoms with van der Waals surface area (Å²) in [6, 6.07) is 16.3. The van der Waals surface area contributed by atoms with Crippen molar-refractivity contribution in [2.75, 3.05) is 32.8 Å². The minimum atomic E-state index is -0.323. The van der Waals surface area contributed by atoms with E-state index in [2.05, 4.69) is 24.1 Å². The maximum absolute atomic E-state index is 13.5. The number of nitrogens with zero attached hydrogens (tertiary/aromatic N) is 1. The average molecular weight is 399 g/mol. The highest BCUT2D eigenvalue weighted by Gasteiger charge is 2.36. The fourth-order valence-electron chi connectivity index (χ4n) is 4.24. The van der Waals surface area contributed by atoms with Crippen LogP contribution in [-0.4, -0.2) is 43.7 Å². The Bertz CT molecular complexity index is 769. The zero-order valence-electron chi connectivity index (χ0n) is 17.4. The van der Waals surface area contributed by atoms with Crippen LogP contribution < -0.4 is 5.32 Å². The number of benzene rings is 2. The molecular formula is C24H31FN2O2. The van der Waals surface area contributed by atoms with Gasteiger partial charge in [-0.2, -0.15) is 0 Å². The highest BCUT2D eigenvalue weighted by atomic mass is 19.1. The van der Waals surface area contributed by atoms with E-state index in [0.717, 1.165) is 37.1 Å². The Morgan fingerprint density at radius 1 is 1.07 bits per heavy atom. The summed E-state index contributed by atoms with van der Waals surface area (Å²) in [6.45, 7) is 7.54. The van der Waals surface area contributed by atoms with E-state index in [9.17, 15) is 9.18 Å². The molecule has 0 aromatic heterocycles. The predicted molar refractivity (Wildman–Crippen MR) is 113 cm³/mol. The highest BCUT2D eigenvalue weighted by Crippen LogP contribution is 2.34. The molecule has 0 radical (unpaired) electrons. The first-order valence-corrected chi connectivity index (χ1v) is 10.5. The SMILES string of the molecule is CCN(CC)C(C(=O)NCC1(c2ccc(F)cc2)CCOCC1)c1ccccc1. The molecule has 1 saturated heterocycles. The van der Waals surface area contributed by atoms with Gasteiger partial charge in [-0.1, -0.05) is 56.3 Å². The lowest BCUT2D eigenvalue weighted by molar-refractivity contribution is -0.127. The normalized spacial score (nSPS) is 17.1. The lowest BCUT2D eigenvalue weighted by atomic mass is 9.74. The van der Waals surface area contributed by atoms with Gasteiger partial charge in [0.25, 0.3) is 0 Å². The summed E-state index contributed by atoms with van der Waals surface area (Å²) in [6.07, 6.45) is 1.61. The summed E-state index contributed by atoms with van der Waals surface area (Å²) >= 11 is 0. The van der Waals surface area contributed by atoms with Crippen molar-refractivity contribution < 1.29 is 13.9 Å². The Labute approximate surface area is 173 Å². The molecule has 29 heavy (non-hydrogen) atoms. The van der Waals surface area contributed by atoms with Gasteiger partial charge >= 0.3 is 0 Å². The van der Waals surface area contributed by atoms with Crippen LogP contribution in [0.3, 0.4) is 0 Å². The van der Waals surface area contributed by atoms with Gasteiger partial charge in [0.1, 0.15) is 11.9 Å². The van der Waals surface area contributed by atoms with E-state index in [0.29, 0.717) is 19.8 Å². The number of amides is 1. The molecule has 1 atom stereocenters. The van der Waals surface area contributed by atoms with E-state index >= 15 is 0 Å². The first kappa shape index (κ1) is 21.5. The van der Waals surface area contributed by atoms with Crippen molar-refractivity contribution in [3.63, 3.8) is 0 Å². The summed E-state index contributed by atoms with van der Waals surface area (Å²) in [4.78, 5) is 15.5. The van der Waals surface area contributed by atoms with Gasteiger partial charge in [-0.3, -0.25) is 9.69 Å². The second-order valence-electron chi connectivity index (χ2n) is 7.65. The van der Waals surface area contributed by atoms with Crippen LogP contribution in [0.5, 0.6) is 0 Å². The van der Waals surface area contributed by atoms with Crippen LogP contribution in [-0.2, 0) is 14.9 Å². The maximum Gasteiger partial charge on any atom is 0.241 e. The van der Waals surface area contributed by atoms with Crippen LogP contribution in [0.15, 0.2) is 54.6 Å². The number of carbonyl (C=O) groups is 1. The van der Waals surface area contributed by atoms with Gasteiger partial charge in [-0.05, 0) is 49.2 Å². The van der Waals surface area contributed by atoms with E-state index in [4.69, 9.17) is 4.74 Å². The third kappa shape index (κ3) is 5.03. The lowest BCUT2D eigenvalue weighted by Crippen LogP contribution is -2.48. The fourth-order valence-corrected chi connectivity index (χ4v) is 4.24. The van der Waals surface area contributed by atoms with Crippen LogP contribution in [0.1, 0.15) is 43.9 Å². The molecule has 0 saturated carbocycles. The molecule has 2 aromatic carbocycles. The molecule has 1 unspecified atom stereocenters. The van der Waals surface area contributed by atoms with E-state index < -0.39 is 0 Å². The number of hydrogen-bond donors (Lipinski definition) is 1. The highest BCUT2D eigenvalue weighted by molar-refractivity contribution is 5.83. The van der Waals surface area contributed by atoms with E-state index in [1.165, 1.54) is 12.1 Å². The van der Waals surface area contributed by atoms with Crippen molar-refractivity contribution in [1.82, 2.24) is 10.2 Å². The Kier molecular flexibility index (Phi) is 7.40. The molecule has 1 aliphatic rings. The molecule has 1 N–H and O–H groups in total. The van der Waals surface area contributed by atoms with Gasteiger partial charge in [0.2, 0.25) is 5.91 Å². The summed E-state index contributed by atoms with van der Waals surface area (Å²) in [5.74, 6) is -0.237. The monoisotopic (exact) mass is 398 g/mol. The molecule has 1 amide bonds. The first-order valence-electron chi connectivity index (χ1n) is 10.5. The largest absolute Gasteiger partial charge is 0.381 e. The number of nitrogens with one attached hydrogen (secondary N) is 1. The van der Waals surface area contributed by atoms with Gasteiger partial charge in [-0.25, -0.2) is 4.39 Å². The lowest BCUT2D eigenvalue weighted by Gasteiger charge is -2.39. The third-order valence-electron chi connectivity index (χ3n) is 6.05. The van der Waals surface area contributed by atoms with Crippen molar-refractivity contribution in [3.8, 4) is 0 Å². The zero-order valence-corrected chi connectivity index (χ0v) is 17.4. The Balaban J connectivity index is 1.81. The predicted octanol–water partition coefficient (Wildman–Crippen LogP) is 4.07. The molecular weight excluding hydrogens is 367 g/mol. The van der Waals surface area contributed by atoms with E-state index in [1.807, 2.05) is 42.5 Å². The second-order valence-corrected chi connectivity index (χ2v) is 7.65. The number of likely N-dealkylation sites (N-methyl/N-ethyl adjacent to an activating group) is 1. The van der Waals surface area contributed by atoms with Crippen LogP contribution in [0.4, 0.5) is 4.39 Å². The molecule has 1 aliphatic heterocycles. The number of rotatable bonds is 8. The van der Waals surface area contributed by atoms with Crippen LogP contribution in [0.25, 0.3) is 0 Å². The standard InChI is InChI=1S/C24H31FN2O2/c1-3-27(4-2)22(19-8-6-5-7-9-19)23(28)26-18-24(14-16-29-17-15-24)20-10-12-21(25)13-11-20/h5-13,22H,3-4,14-18H2,1-2H3,(H,26,28). The van der Waals surface area contributed by atoms with Gasteiger partial charge < -0.3 is 10.1 Å². The molecule has 156 valence electrons. The number of ether oxygens (including phenoxy) is 1. The molecule has 1 heterocycles. The van der Waals surface area contributed by atoms with E-state index in [-0.39, 0.29) is 23.2 Å². The summed E-state index contributed by atoms with van der Waals surface area (Å²) < 4.78 is 19.0. The second kappa shape index (κ2) is 9.99. The van der Waals surface area contributed by atoms with Crippen molar-refractivity contribution in [2.24, 2.45) is 0 Å². The first-order chi connectivity index (χ1) is 14.1. The summed E-state index contributed by atoms with van der Waals surface area (Å²) in [5, 5.41) is 3.22. The Morgan fingerprint density at radius 2 is 1.69 bits per heavy atom. The van der Waals surface area contributed by atoms with Gasteiger partial charge in [0.15, 0.2) is 0 Å². The third-order valence-corrected chi connectivity index (χ3v) is 6.05. The molecule has 4 nitrogen and oxygen atoms in total. The minimum Gasteiger partial charge on any atom is -0.381 e. The average Bonchev–Trinajstić information content (AvgIpc) is 2.77. The molecule has 2 aromatic rings. The van der Waals surface area contributed by atoms with Gasteiger partial charge in [-0.15, -0.1) is 0 Å². The number of hydrogen-bond acceptors (Lipinski definition) is 3. The molecule has 5 heteroatoms. The molecule has 3 rings (SSSR count). The van der Waals surface area contributed by atoms with Crippen molar-refractivity contribution in [3.05, 3.63) is 71.5 Å². The molecule has 0 spiro atoms. The molecule has 0 bridgehead atoms. The van der Waals surface area contributed by atoms with Gasteiger partial charge in [0.05, 0.1) is 0 Å². The Hall–Kier alpha value is -2.24. The van der Waals surface area contributed by atoms with Crippen molar-refractivity contribution >= 4 is 5.91 Å². The van der Waals surface area contributed by atoms with Gasteiger partial charge in [0, 0.05) is 25.2 Å². The van der Waals surface area contributed by atoms with Crippen molar-refractivity contribution in [1.29, 1.82) is 0 Å². The van der Waals surface area contributed by atoms with Crippen LogP contribution in [0, 0.1) is 5.82 Å². The summed E-state index contributed by atoms with van der Waals surface area (Å²) in [5.41, 5.74) is 1.82. The van der Waals surface area contributed by atoms with Crippen molar-refractivity contribution in [2.45, 2.75) is 38.1 Å². The van der Waals surface area contributed by atoms with E-state index in [1.54, 1.807) is 0 Å². The smallest absolute Gasteiger partial charge is 0.241 e. The fraction of sp³-hybridized carbons (Fsp3) is 0.458. The van der Waals surface area contributed by atoms with Crippen LogP contribution in [0.2, 0.25) is 0 Å². The number of halogens is 1.